The summed E-state index contributed by atoms with van der Waals surface area (Å²) in [6.07, 6.45) is 2.93. The number of nitrogens with zero attached hydrogens (tertiary/aromatic N) is 1. The third-order valence-electron chi connectivity index (χ3n) is 5.42. The molecule has 1 aliphatic rings. The van der Waals surface area contributed by atoms with E-state index in [1.54, 1.807) is 0 Å². The Bertz CT molecular complexity index is 727. The van der Waals surface area contributed by atoms with Crippen molar-refractivity contribution in [1.29, 1.82) is 5.26 Å². The summed E-state index contributed by atoms with van der Waals surface area (Å²) < 4.78 is 7.01. The molecule has 1 aliphatic heterocycles. The van der Waals surface area contributed by atoms with Gasteiger partial charge in [0.25, 0.3) is 8.32 Å². The molecule has 2 aromatic rings. The molecule has 1 heterocycles. The Hall–Kier alpha value is -1.54. The molecule has 3 rings (SSSR count). The van der Waals surface area contributed by atoms with Crippen LogP contribution in [0, 0.1) is 11.3 Å². The van der Waals surface area contributed by atoms with Crippen molar-refractivity contribution in [2.45, 2.75) is 55.6 Å². The van der Waals surface area contributed by atoms with Crippen LogP contribution in [0.5, 0.6) is 0 Å². The summed E-state index contributed by atoms with van der Waals surface area (Å²) in [6, 6.07) is 24.0. The van der Waals surface area contributed by atoms with E-state index in [0.717, 1.165) is 19.4 Å². The molecule has 0 N–H and O–H groups in total. The van der Waals surface area contributed by atoms with Crippen LogP contribution in [0.15, 0.2) is 60.7 Å². The molecule has 0 saturated carbocycles. The van der Waals surface area contributed by atoms with Crippen LogP contribution in [0.4, 0.5) is 0 Å². The minimum Gasteiger partial charge on any atom is -0.406 e. The Labute approximate surface area is 169 Å². The second-order valence-electron chi connectivity index (χ2n) is 8.29. The first kappa shape index (κ1) is 20.2. The summed E-state index contributed by atoms with van der Waals surface area (Å²) in [4.78, 5) is 0. The van der Waals surface area contributed by atoms with E-state index >= 15 is 0 Å². The molecule has 1 saturated heterocycles. The number of benzene rings is 2. The average molecular weight is 396 g/mol. The minimum absolute atomic E-state index is 0.0189. The lowest BCUT2D eigenvalue weighted by atomic mass is 10.2. The fraction of sp³-hybridized carbons (Fsp3) is 0.435. The predicted molar refractivity (Wildman–Crippen MR) is 118 cm³/mol. The highest BCUT2D eigenvalue weighted by Gasteiger charge is 2.50. The highest BCUT2D eigenvalue weighted by Crippen LogP contribution is 2.40. The van der Waals surface area contributed by atoms with Gasteiger partial charge in [-0.05, 0) is 28.3 Å². The van der Waals surface area contributed by atoms with Crippen LogP contribution < -0.4 is 10.4 Å². The van der Waals surface area contributed by atoms with Crippen molar-refractivity contribution in [3.63, 3.8) is 0 Å². The van der Waals surface area contributed by atoms with E-state index in [0.29, 0.717) is 16.9 Å². The molecule has 0 spiro atoms. The second kappa shape index (κ2) is 8.64. The number of hydrogen-bond donors (Lipinski definition) is 0. The first-order valence-electron chi connectivity index (χ1n) is 9.75. The van der Waals surface area contributed by atoms with E-state index in [2.05, 4.69) is 87.5 Å². The molecule has 27 heavy (non-hydrogen) atoms. The molecule has 4 heteroatoms. The summed E-state index contributed by atoms with van der Waals surface area (Å²) in [5, 5.41) is 12.6. The van der Waals surface area contributed by atoms with Gasteiger partial charge in [-0.1, -0.05) is 81.4 Å². The monoisotopic (exact) mass is 395 g/mol. The third kappa shape index (κ3) is 4.32. The van der Waals surface area contributed by atoms with Crippen LogP contribution in [-0.2, 0) is 4.43 Å². The minimum atomic E-state index is -2.44. The van der Waals surface area contributed by atoms with Gasteiger partial charge in [-0.2, -0.15) is 17.0 Å². The maximum atomic E-state index is 8.99. The van der Waals surface area contributed by atoms with Gasteiger partial charge >= 0.3 is 0 Å². The van der Waals surface area contributed by atoms with Gasteiger partial charge in [-0.25, -0.2) is 0 Å². The van der Waals surface area contributed by atoms with Crippen LogP contribution in [0.1, 0.15) is 40.0 Å². The molecule has 0 amide bonds. The van der Waals surface area contributed by atoms with Gasteiger partial charge in [0.05, 0.1) is 6.07 Å². The van der Waals surface area contributed by atoms with E-state index in [9.17, 15) is 0 Å². The largest absolute Gasteiger partial charge is 0.406 e. The second-order valence-corrected chi connectivity index (χ2v) is 14.2. The quantitative estimate of drug-likeness (QED) is 0.662. The summed E-state index contributed by atoms with van der Waals surface area (Å²) in [6.45, 7) is 7.72. The van der Waals surface area contributed by atoms with E-state index in [1.165, 1.54) is 10.4 Å². The number of thioether (sulfide) groups is 1. The number of hydrogen-bond acceptors (Lipinski definition) is 3. The molecule has 0 bridgehead atoms. The van der Waals surface area contributed by atoms with Crippen LogP contribution in [0.25, 0.3) is 0 Å². The number of nitriles is 1. The van der Waals surface area contributed by atoms with Gasteiger partial charge in [0.2, 0.25) is 0 Å². The normalized spacial score (nSPS) is 20.4. The summed E-state index contributed by atoms with van der Waals surface area (Å²) in [7, 11) is -2.44. The van der Waals surface area contributed by atoms with E-state index < -0.39 is 8.32 Å². The van der Waals surface area contributed by atoms with Gasteiger partial charge in [0.1, 0.15) is 0 Å². The first-order chi connectivity index (χ1) is 13.0. The Morgan fingerprint density at radius 1 is 0.963 bits per heavy atom. The Kier molecular flexibility index (Phi) is 6.47. The van der Waals surface area contributed by atoms with Crippen molar-refractivity contribution in [2.24, 2.45) is 0 Å². The summed E-state index contributed by atoms with van der Waals surface area (Å²) in [5.41, 5.74) is 0. The maximum Gasteiger partial charge on any atom is 0.261 e. The van der Waals surface area contributed by atoms with Gasteiger partial charge in [0, 0.05) is 23.5 Å². The molecule has 2 aromatic carbocycles. The smallest absolute Gasteiger partial charge is 0.261 e. The van der Waals surface area contributed by atoms with Gasteiger partial charge in [-0.15, -0.1) is 0 Å². The molecule has 1 fully saturated rings. The van der Waals surface area contributed by atoms with E-state index in [-0.39, 0.29) is 5.04 Å². The summed E-state index contributed by atoms with van der Waals surface area (Å²) >= 11 is 1.95. The lowest BCUT2D eigenvalue weighted by molar-refractivity contribution is 0.295. The van der Waals surface area contributed by atoms with Crippen LogP contribution in [0.3, 0.4) is 0 Å². The van der Waals surface area contributed by atoms with Crippen molar-refractivity contribution >= 4 is 30.5 Å². The highest BCUT2D eigenvalue weighted by atomic mass is 32.2. The molecule has 0 aromatic heterocycles. The van der Waals surface area contributed by atoms with E-state index in [4.69, 9.17) is 9.69 Å². The zero-order valence-electron chi connectivity index (χ0n) is 16.5. The SMILES string of the molecule is CC(C)(C)[Si](OC[C@@H]1CCC(CC#N)S1)(c1ccccc1)c1ccccc1. The number of rotatable bonds is 6. The summed E-state index contributed by atoms with van der Waals surface area (Å²) in [5.74, 6) is 0. The fourth-order valence-electron chi connectivity index (χ4n) is 4.13. The van der Waals surface area contributed by atoms with Gasteiger partial charge < -0.3 is 4.43 Å². The standard InChI is InChI=1S/C23H29NOSSi/c1-23(2,3)27(21-10-6-4-7-11-21,22-12-8-5-9-13-22)25-18-20-15-14-19(26-20)16-17-24/h4-13,19-20H,14-16,18H2,1-3H3/t19?,20-/m0/s1. The third-order valence-corrected chi connectivity index (χ3v) is 12.0. The molecule has 2 nitrogen and oxygen atoms in total. The first-order valence-corrected chi connectivity index (χ1v) is 12.6. The zero-order chi connectivity index (χ0) is 19.3. The lowest BCUT2D eigenvalue weighted by Gasteiger charge is -2.43. The Balaban J connectivity index is 1.94. The highest BCUT2D eigenvalue weighted by molar-refractivity contribution is 8.00. The van der Waals surface area contributed by atoms with Gasteiger partial charge in [0.15, 0.2) is 0 Å². The predicted octanol–water partition coefficient (Wildman–Crippen LogP) is 4.74. The molecule has 0 aliphatic carbocycles. The maximum absolute atomic E-state index is 8.99. The van der Waals surface area contributed by atoms with Crippen LogP contribution in [0.2, 0.25) is 5.04 Å². The topological polar surface area (TPSA) is 33.0 Å². The van der Waals surface area contributed by atoms with Crippen molar-refractivity contribution < 1.29 is 4.43 Å². The lowest BCUT2D eigenvalue weighted by Crippen LogP contribution is -2.67. The van der Waals surface area contributed by atoms with Crippen molar-refractivity contribution in [3.05, 3.63) is 60.7 Å². The van der Waals surface area contributed by atoms with Gasteiger partial charge in [-0.3, -0.25) is 0 Å². The molecular weight excluding hydrogens is 366 g/mol. The van der Waals surface area contributed by atoms with Crippen molar-refractivity contribution in [1.82, 2.24) is 0 Å². The Morgan fingerprint density at radius 2 is 1.48 bits per heavy atom. The fourth-order valence-corrected chi connectivity index (χ4v) is 10.3. The van der Waals surface area contributed by atoms with E-state index in [1.807, 2.05) is 11.8 Å². The Morgan fingerprint density at radius 3 is 1.96 bits per heavy atom. The molecule has 0 radical (unpaired) electrons. The molecule has 1 unspecified atom stereocenters. The average Bonchev–Trinajstić information content (AvgIpc) is 3.11. The molecule has 2 atom stereocenters. The molecule has 142 valence electrons. The van der Waals surface area contributed by atoms with Crippen molar-refractivity contribution in [3.8, 4) is 6.07 Å². The van der Waals surface area contributed by atoms with Crippen molar-refractivity contribution in [2.75, 3.05) is 6.61 Å². The zero-order valence-corrected chi connectivity index (χ0v) is 18.3. The van der Waals surface area contributed by atoms with Crippen LogP contribution in [-0.4, -0.2) is 25.4 Å². The van der Waals surface area contributed by atoms with Crippen LogP contribution >= 0.6 is 11.8 Å². The molecular formula is C23H29NOSSi.